The standard InChI is InChI=1S/C23H25NO3/c1-4-27-23(26)22-17(3)24(15-19-13-9-8-10-16(19)2)21(25)14-20(22)18-11-6-5-7-12-18/h5-13,20H,4,14-15H2,1-3H3/t20-/m0/s1. The number of benzene rings is 2. The SMILES string of the molecule is CCOC(=O)C1=C(C)N(Cc2ccccc2C)C(=O)C[C@H]1c1ccccc1. The zero-order chi connectivity index (χ0) is 19.4. The first-order chi connectivity index (χ1) is 13.0. The van der Waals surface area contributed by atoms with E-state index in [0.717, 1.165) is 16.7 Å². The van der Waals surface area contributed by atoms with Gasteiger partial charge >= 0.3 is 5.97 Å². The minimum absolute atomic E-state index is 0.0256. The van der Waals surface area contributed by atoms with E-state index in [0.29, 0.717) is 24.4 Å². The molecule has 4 heteroatoms. The molecule has 1 amide bonds. The van der Waals surface area contributed by atoms with Crippen molar-refractivity contribution in [3.63, 3.8) is 0 Å². The Kier molecular flexibility index (Phi) is 5.75. The summed E-state index contributed by atoms with van der Waals surface area (Å²) in [5.74, 6) is -0.588. The summed E-state index contributed by atoms with van der Waals surface area (Å²) in [5.41, 5.74) is 4.43. The molecule has 27 heavy (non-hydrogen) atoms. The Morgan fingerprint density at radius 1 is 1.07 bits per heavy atom. The zero-order valence-corrected chi connectivity index (χ0v) is 16.1. The molecule has 1 aliphatic heterocycles. The molecular weight excluding hydrogens is 338 g/mol. The van der Waals surface area contributed by atoms with E-state index in [1.165, 1.54) is 0 Å². The summed E-state index contributed by atoms with van der Waals surface area (Å²) in [6.07, 6.45) is 0.265. The topological polar surface area (TPSA) is 46.6 Å². The first-order valence-electron chi connectivity index (χ1n) is 9.30. The normalized spacial score (nSPS) is 17.2. The van der Waals surface area contributed by atoms with Gasteiger partial charge in [0.1, 0.15) is 0 Å². The van der Waals surface area contributed by atoms with Gasteiger partial charge in [0.25, 0.3) is 0 Å². The van der Waals surface area contributed by atoms with Crippen molar-refractivity contribution in [2.75, 3.05) is 6.61 Å². The van der Waals surface area contributed by atoms with Crippen molar-refractivity contribution in [1.29, 1.82) is 0 Å². The molecular formula is C23H25NO3. The monoisotopic (exact) mass is 363 g/mol. The van der Waals surface area contributed by atoms with Gasteiger partial charge < -0.3 is 9.64 Å². The molecule has 140 valence electrons. The fourth-order valence-electron chi connectivity index (χ4n) is 3.60. The highest BCUT2D eigenvalue weighted by Gasteiger charge is 2.36. The van der Waals surface area contributed by atoms with Crippen molar-refractivity contribution >= 4 is 11.9 Å². The van der Waals surface area contributed by atoms with Gasteiger partial charge in [0.15, 0.2) is 0 Å². The van der Waals surface area contributed by atoms with Crippen LogP contribution in [0.5, 0.6) is 0 Å². The molecule has 0 bridgehead atoms. The predicted octanol–water partition coefficient (Wildman–Crippen LogP) is 4.35. The van der Waals surface area contributed by atoms with E-state index in [-0.39, 0.29) is 24.2 Å². The Morgan fingerprint density at radius 2 is 1.74 bits per heavy atom. The molecule has 1 aliphatic rings. The summed E-state index contributed by atoms with van der Waals surface area (Å²) >= 11 is 0. The molecule has 0 radical (unpaired) electrons. The van der Waals surface area contributed by atoms with Crippen molar-refractivity contribution < 1.29 is 14.3 Å². The molecule has 0 aliphatic carbocycles. The number of ether oxygens (including phenoxy) is 1. The van der Waals surface area contributed by atoms with Crippen LogP contribution in [-0.2, 0) is 20.9 Å². The van der Waals surface area contributed by atoms with E-state index in [9.17, 15) is 9.59 Å². The zero-order valence-electron chi connectivity index (χ0n) is 16.1. The highest BCUT2D eigenvalue weighted by molar-refractivity contribution is 5.95. The molecule has 1 atom stereocenters. The van der Waals surface area contributed by atoms with Crippen LogP contribution >= 0.6 is 0 Å². The summed E-state index contributed by atoms with van der Waals surface area (Å²) in [7, 11) is 0. The maximum atomic E-state index is 13.0. The fourth-order valence-corrected chi connectivity index (χ4v) is 3.60. The van der Waals surface area contributed by atoms with E-state index >= 15 is 0 Å². The van der Waals surface area contributed by atoms with Gasteiger partial charge in [-0.2, -0.15) is 0 Å². The van der Waals surface area contributed by atoms with Gasteiger partial charge in [-0.3, -0.25) is 4.79 Å². The summed E-state index contributed by atoms with van der Waals surface area (Å²) in [6.45, 7) is 6.44. The van der Waals surface area contributed by atoms with Gasteiger partial charge in [0.2, 0.25) is 5.91 Å². The Hall–Kier alpha value is -2.88. The number of hydrogen-bond donors (Lipinski definition) is 0. The van der Waals surface area contributed by atoms with Crippen LogP contribution in [0.1, 0.15) is 42.9 Å². The third-order valence-electron chi connectivity index (χ3n) is 5.11. The van der Waals surface area contributed by atoms with E-state index < -0.39 is 0 Å². The van der Waals surface area contributed by atoms with E-state index in [4.69, 9.17) is 4.74 Å². The number of rotatable bonds is 5. The average molecular weight is 363 g/mol. The fraction of sp³-hybridized carbons (Fsp3) is 0.304. The third kappa shape index (κ3) is 3.95. The molecule has 0 N–H and O–H groups in total. The number of allylic oxidation sites excluding steroid dienone is 1. The lowest BCUT2D eigenvalue weighted by molar-refractivity contribution is -0.140. The van der Waals surface area contributed by atoms with Gasteiger partial charge in [-0.15, -0.1) is 0 Å². The van der Waals surface area contributed by atoms with Crippen molar-refractivity contribution in [2.45, 2.75) is 39.7 Å². The van der Waals surface area contributed by atoms with Crippen LogP contribution < -0.4 is 0 Å². The van der Waals surface area contributed by atoms with Crippen LogP contribution in [0.3, 0.4) is 0 Å². The summed E-state index contributed by atoms with van der Waals surface area (Å²) in [4.78, 5) is 27.4. The van der Waals surface area contributed by atoms with Crippen molar-refractivity contribution in [3.05, 3.63) is 82.6 Å². The molecule has 0 aromatic heterocycles. The van der Waals surface area contributed by atoms with Crippen molar-refractivity contribution in [3.8, 4) is 0 Å². The van der Waals surface area contributed by atoms with Crippen molar-refractivity contribution in [1.82, 2.24) is 4.90 Å². The molecule has 1 heterocycles. The van der Waals surface area contributed by atoms with Gasteiger partial charge in [-0.1, -0.05) is 54.6 Å². The van der Waals surface area contributed by atoms with Gasteiger partial charge in [-0.05, 0) is 37.5 Å². The van der Waals surface area contributed by atoms with Crippen LogP contribution in [-0.4, -0.2) is 23.4 Å². The van der Waals surface area contributed by atoms with Crippen LogP contribution in [0.25, 0.3) is 0 Å². The number of nitrogens with zero attached hydrogens (tertiary/aromatic N) is 1. The number of hydrogen-bond acceptors (Lipinski definition) is 3. The quantitative estimate of drug-likeness (QED) is 0.742. The first kappa shape index (κ1) is 18.9. The van der Waals surface area contributed by atoms with E-state index in [1.54, 1.807) is 11.8 Å². The molecule has 2 aromatic carbocycles. The Labute approximate surface area is 160 Å². The second-order valence-corrected chi connectivity index (χ2v) is 6.79. The summed E-state index contributed by atoms with van der Waals surface area (Å²) in [6, 6.07) is 17.7. The molecule has 0 unspecified atom stereocenters. The molecule has 0 saturated carbocycles. The Bertz CT molecular complexity index is 870. The number of carbonyl (C=O) groups excluding carboxylic acids is 2. The lowest BCUT2D eigenvalue weighted by Crippen LogP contribution is -2.38. The molecule has 3 rings (SSSR count). The number of aryl methyl sites for hydroxylation is 1. The number of amides is 1. The lowest BCUT2D eigenvalue weighted by atomic mass is 9.83. The summed E-state index contributed by atoms with van der Waals surface area (Å²) in [5, 5.41) is 0. The summed E-state index contributed by atoms with van der Waals surface area (Å²) < 4.78 is 5.33. The minimum Gasteiger partial charge on any atom is -0.463 e. The molecule has 0 spiro atoms. The average Bonchev–Trinajstić information content (AvgIpc) is 2.67. The lowest BCUT2D eigenvalue weighted by Gasteiger charge is -2.34. The second kappa shape index (κ2) is 8.21. The Balaban J connectivity index is 2.03. The predicted molar refractivity (Wildman–Crippen MR) is 105 cm³/mol. The van der Waals surface area contributed by atoms with E-state index in [1.807, 2.05) is 68.4 Å². The third-order valence-corrected chi connectivity index (χ3v) is 5.11. The van der Waals surface area contributed by atoms with Gasteiger partial charge in [-0.25, -0.2) is 4.79 Å². The number of esters is 1. The van der Waals surface area contributed by atoms with E-state index in [2.05, 4.69) is 0 Å². The van der Waals surface area contributed by atoms with Crippen LogP contribution in [0.4, 0.5) is 0 Å². The van der Waals surface area contributed by atoms with Gasteiger partial charge in [0, 0.05) is 18.0 Å². The Morgan fingerprint density at radius 3 is 2.41 bits per heavy atom. The van der Waals surface area contributed by atoms with Crippen LogP contribution in [0, 0.1) is 6.92 Å². The highest BCUT2D eigenvalue weighted by Crippen LogP contribution is 2.37. The van der Waals surface area contributed by atoms with Crippen LogP contribution in [0.2, 0.25) is 0 Å². The number of carbonyl (C=O) groups is 2. The molecule has 2 aromatic rings. The van der Waals surface area contributed by atoms with Crippen LogP contribution in [0.15, 0.2) is 65.9 Å². The molecule has 0 fully saturated rings. The van der Waals surface area contributed by atoms with Crippen molar-refractivity contribution in [2.24, 2.45) is 0 Å². The maximum absolute atomic E-state index is 13.0. The second-order valence-electron chi connectivity index (χ2n) is 6.79. The largest absolute Gasteiger partial charge is 0.463 e. The molecule has 4 nitrogen and oxygen atoms in total. The minimum atomic E-state index is -0.342. The maximum Gasteiger partial charge on any atom is 0.336 e. The van der Waals surface area contributed by atoms with Gasteiger partial charge in [0.05, 0.1) is 18.7 Å². The molecule has 0 saturated heterocycles. The highest BCUT2D eigenvalue weighted by atomic mass is 16.5. The first-order valence-corrected chi connectivity index (χ1v) is 9.30. The smallest absolute Gasteiger partial charge is 0.336 e.